The van der Waals surface area contributed by atoms with Crippen LogP contribution in [0.2, 0.25) is 5.02 Å². The third kappa shape index (κ3) is 6.76. The summed E-state index contributed by atoms with van der Waals surface area (Å²) in [4.78, 5) is 18.1. The van der Waals surface area contributed by atoms with Crippen molar-refractivity contribution in [2.24, 2.45) is 5.92 Å². The van der Waals surface area contributed by atoms with Gasteiger partial charge >= 0.3 is 0 Å². The first-order chi connectivity index (χ1) is 18.3. The Labute approximate surface area is 236 Å². The van der Waals surface area contributed by atoms with Gasteiger partial charge in [-0.05, 0) is 62.9 Å². The highest BCUT2D eigenvalue weighted by Crippen LogP contribution is 2.39. The average molecular weight is 580 g/mol. The fourth-order valence-corrected chi connectivity index (χ4v) is 7.06. The number of likely N-dealkylation sites (tertiary alicyclic amines) is 1. The lowest BCUT2D eigenvalue weighted by Gasteiger charge is -2.37. The SMILES string of the molecule is COc1ccc([C@@H]2CN(C(C)(C)C)C[C@H]2C(=O)N2CCCC(c3ccc(Cl)cc3)N(S(C)(=O)=O)CC2)c(F)c1. The Morgan fingerprint density at radius 3 is 2.33 bits per heavy atom. The van der Waals surface area contributed by atoms with Crippen molar-refractivity contribution in [3.05, 3.63) is 64.4 Å². The van der Waals surface area contributed by atoms with Crippen LogP contribution in [0.1, 0.15) is 56.7 Å². The van der Waals surface area contributed by atoms with Gasteiger partial charge in [-0.1, -0.05) is 29.8 Å². The topological polar surface area (TPSA) is 70.2 Å². The molecule has 3 atom stereocenters. The third-order valence-electron chi connectivity index (χ3n) is 8.03. The average Bonchev–Trinajstić information content (AvgIpc) is 3.29. The summed E-state index contributed by atoms with van der Waals surface area (Å²) in [5.41, 5.74) is 1.20. The van der Waals surface area contributed by atoms with Gasteiger partial charge in [0.05, 0.1) is 19.3 Å². The normalized spacial score (nSPS) is 23.9. The molecule has 10 heteroatoms. The molecule has 2 fully saturated rings. The standard InChI is InChI=1S/C29H39ClFN3O4S/c1-29(2,3)33-18-24(23-13-12-22(38-4)17-26(23)31)25(19-33)28(35)32-14-6-7-27(20-8-10-21(30)11-9-20)34(16-15-32)39(5,36)37/h8-13,17,24-25,27H,6-7,14-16,18-19H2,1-5H3/t24-,25+,27?/m0/s1. The summed E-state index contributed by atoms with van der Waals surface area (Å²) in [5.74, 6) is -0.758. The van der Waals surface area contributed by atoms with Gasteiger partial charge in [-0.2, -0.15) is 4.31 Å². The molecule has 0 aliphatic carbocycles. The molecule has 7 nitrogen and oxygen atoms in total. The predicted molar refractivity (Wildman–Crippen MR) is 152 cm³/mol. The molecule has 0 saturated carbocycles. The maximum atomic E-state index is 15.2. The van der Waals surface area contributed by atoms with E-state index in [1.54, 1.807) is 29.2 Å². The summed E-state index contributed by atoms with van der Waals surface area (Å²) < 4.78 is 47.6. The fraction of sp³-hybridized carbons (Fsp3) is 0.552. The van der Waals surface area contributed by atoms with Gasteiger partial charge in [-0.15, -0.1) is 0 Å². The number of halogens is 2. The number of rotatable bonds is 5. The third-order valence-corrected chi connectivity index (χ3v) is 9.57. The van der Waals surface area contributed by atoms with E-state index in [9.17, 15) is 13.2 Å². The highest BCUT2D eigenvalue weighted by atomic mass is 35.5. The van der Waals surface area contributed by atoms with E-state index in [1.807, 2.05) is 12.1 Å². The summed E-state index contributed by atoms with van der Waals surface area (Å²) in [5, 5.41) is 0.594. The van der Waals surface area contributed by atoms with Gasteiger partial charge in [-0.3, -0.25) is 9.69 Å². The number of nitrogens with zero attached hydrogens (tertiary/aromatic N) is 3. The number of hydrogen-bond donors (Lipinski definition) is 0. The van der Waals surface area contributed by atoms with E-state index in [0.29, 0.717) is 48.8 Å². The first-order valence-corrected chi connectivity index (χ1v) is 15.6. The van der Waals surface area contributed by atoms with Gasteiger partial charge in [0.2, 0.25) is 15.9 Å². The Kier molecular flexibility index (Phi) is 8.95. The largest absolute Gasteiger partial charge is 0.497 e. The summed E-state index contributed by atoms with van der Waals surface area (Å²) in [6, 6.07) is 11.8. The molecule has 2 aliphatic rings. The molecule has 0 spiro atoms. The van der Waals surface area contributed by atoms with Crippen LogP contribution in [0.5, 0.6) is 5.75 Å². The van der Waals surface area contributed by atoms with E-state index in [0.717, 1.165) is 5.56 Å². The quantitative estimate of drug-likeness (QED) is 0.502. The molecular weight excluding hydrogens is 541 g/mol. The lowest BCUT2D eigenvalue weighted by molar-refractivity contribution is -0.136. The lowest BCUT2D eigenvalue weighted by atomic mass is 9.87. The van der Waals surface area contributed by atoms with Crippen molar-refractivity contribution < 1.29 is 22.3 Å². The molecule has 2 aromatic rings. The highest BCUT2D eigenvalue weighted by molar-refractivity contribution is 7.88. The van der Waals surface area contributed by atoms with Crippen LogP contribution in [-0.2, 0) is 14.8 Å². The molecule has 39 heavy (non-hydrogen) atoms. The minimum Gasteiger partial charge on any atom is -0.497 e. The van der Waals surface area contributed by atoms with Crippen LogP contribution in [0.4, 0.5) is 4.39 Å². The van der Waals surface area contributed by atoms with Crippen molar-refractivity contribution in [3.63, 3.8) is 0 Å². The number of hydrogen-bond acceptors (Lipinski definition) is 5. The van der Waals surface area contributed by atoms with Crippen molar-refractivity contribution in [2.45, 2.75) is 51.1 Å². The van der Waals surface area contributed by atoms with E-state index in [1.165, 1.54) is 23.7 Å². The Morgan fingerprint density at radius 1 is 1.05 bits per heavy atom. The maximum Gasteiger partial charge on any atom is 0.227 e. The molecule has 2 aliphatic heterocycles. The zero-order chi connectivity index (χ0) is 28.5. The molecule has 0 radical (unpaired) electrons. The minimum atomic E-state index is -3.54. The molecule has 0 bridgehead atoms. The van der Waals surface area contributed by atoms with Crippen LogP contribution in [0, 0.1) is 11.7 Å². The van der Waals surface area contributed by atoms with Crippen molar-refractivity contribution in [2.75, 3.05) is 46.1 Å². The maximum absolute atomic E-state index is 15.2. The minimum absolute atomic E-state index is 0.0552. The molecule has 0 N–H and O–H groups in total. The molecule has 214 valence electrons. The Hall–Kier alpha value is -2.20. The zero-order valence-electron chi connectivity index (χ0n) is 23.4. The molecule has 0 aromatic heterocycles. The number of ether oxygens (including phenoxy) is 1. The Morgan fingerprint density at radius 2 is 1.74 bits per heavy atom. The number of benzene rings is 2. The van der Waals surface area contributed by atoms with Crippen molar-refractivity contribution in [1.29, 1.82) is 0 Å². The van der Waals surface area contributed by atoms with Gasteiger partial charge in [0, 0.05) is 61.3 Å². The van der Waals surface area contributed by atoms with Gasteiger partial charge in [-0.25, -0.2) is 12.8 Å². The van der Waals surface area contributed by atoms with Crippen molar-refractivity contribution >= 4 is 27.5 Å². The summed E-state index contributed by atoms with van der Waals surface area (Å²) >= 11 is 6.06. The smallest absolute Gasteiger partial charge is 0.227 e. The number of carbonyl (C=O) groups is 1. The first kappa shape index (κ1) is 29.8. The van der Waals surface area contributed by atoms with Crippen LogP contribution in [0.15, 0.2) is 42.5 Å². The predicted octanol–water partition coefficient (Wildman–Crippen LogP) is 4.93. The second-order valence-electron chi connectivity index (χ2n) is 11.6. The number of amides is 1. The van der Waals surface area contributed by atoms with Gasteiger partial charge in [0.1, 0.15) is 11.6 Å². The van der Waals surface area contributed by atoms with Crippen molar-refractivity contribution in [3.8, 4) is 5.75 Å². The summed E-state index contributed by atoms with van der Waals surface area (Å²) in [7, 11) is -2.05. The molecule has 1 amide bonds. The van der Waals surface area contributed by atoms with Crippen LogP contribution in [-0.4, -0.2) is 80.1 Å². The second-order valence-corrected chi connectivity index (χ2v) is 14.0. The van der Waals surface area contributed by atoms with E-state index in [2.05, 4.69) is 25.7 Å². The summed E-state index contributed by atoms with van der Waals surface area (Å²) in [6.07, 6.45) is 2.43. The van der Waals surface area contributed by atoms with E-state index in [4.69, 9.17) is 16.3 Å². The van der Waals surface area contributed by atoms with E-state index < -0.39 is 15.9 Å². The van der Waals surface area contributed by atoms with Crippen LogP contribution < -0.4 is 4.74 Å². The number of methoxy groups -OCH3 is 1. The Balaban J connectivity index is 1.59. The van der Waals surface area contributed by atoms with Gasteiger partial charge < -0.3 is 9.64 Å². The molecular formula is C29H39ClFN3O4S. The zero-order valence-corrected chi connectivity index (χ0v) is 24.9. The van der Waals surface area contributed by atoms with E-state index >= 15 is 4.39 Å². The summed E-state index contributed by atoms with van der Waals surface area (Å²) in [6.45, 7) is 8.34. The Bertz CT molecular complexity index is 1280. The van der Waals surface area contributed by atoms with Gasteiger partial charge in [0.25, 0.3) is 0 Å². The highest BCUT2D eigenvalue weighted by Gasteiger charge is 2.44. The van der Waals surface area contributed by atoms with Gasteiger partial charge in [0.15, 0.2) is 0 Å². The monoisotopic (exact) mass is 579 g/mol. The molecule has 2 aromatic carbocycles. The first-order valence-electron chi connectivity index (χ1n) is 13.4. The van der Waals surface area contributed by atoms with Crippen LogP contribution in [0.3, 0.4) is 0 Å². The molecule has 2 heterocycles. The molecule has 4 rings (SSSR count). The number of sulfonamides is 1. The van der Waals surface area contributed by atoms with Crippen LogP contribution >= 0.6 is 11.6 Å². The molecule has 1 unspecified atom stereocenters. The van der Waals surface area contributed by atoms with E-state index in [-0.39, 0.29) is 42.3 Å². The number of carbonyl (C=O) groups excluding carboxylic acids is 1. The lowest BCUT2D eigenvalue weighted by Crippen LogP contribution is -2.47. The fourth-order valence-electron chi connectivity index (χ4n) is 5.83. The van der Waals surface area contributed by atoms with Crippen molar-refractivity contribution in [1.82, 2.24) is 14.1 Å². The van der Waals surface area contributed by atoms with Crippen LogP contribution in [0.25, 0.3) is 0 Å². The molecule has 2 saturated heterocycles. The second kappa shape index (κ2) is 11.7.